The SMILES string of the molecule is COc1nc(Cl)nc(-n2ncc3ccccc32)n1. The fourth-order valence-electron chi connectivity index (χ4n) is 1.64. The second-order valence-electron chi connectivity index (χ2n) is 3.51. The van der Waals surface area contributed by atoms with E-state index in [1.165, 1.54) is 7.11 Å². The van der Waals surface area contributed by atoms with Crippen molar-refractivity contribution in [3.63, 3.8) is 0 Å². The van der Waals surface area contributed by atoms with E-state index in [-0.39, 0.29) is 11.3 Å². The molecule has 0 N–H and O–H groups in total. The van der Waals surface area contributed by atoms with Crippen molar-refractivity contribution in [1.29, 1.82) is 0 Å². The van der Waals surface area contributed by atoms with Gasteiger partial charge in [-0.3, -0.25) is 0 Å². The normalized spacial score (nSPS) is 10.8. The van der Waals surface area contributed by atoms with E-state index in [2.05, 4.69) is 20.1 Å². The number of methoxy groups -OCH3 is 1. The van der Waals surface area contributed by atoms with Crippen molar-refractivity contribution >= 4 is 22.5 Å². The van der Waals surface area contributed by atoms with Crippen molar-refractivity contribution in [3.05, 3.63) is 35.7 Å². The summed E-state index contributed by atoms with van der Waals surface area (Å²) in [4.78, 5) is 12.0. The van der Waals surface area contributed by atoms with Gasteiger partial charge in [-0.25, -0.2) is 0 Å². The van der Waals surface area contributed by atoms with Gasteiger partial charge in [0.1, 0.15) is 0 Å². The molecule has 1 aromatic carbocycles. The quantitative estimate of drug-likeness (QED) is 0.705. The minimum Gasteiger partial charge on any atom is -0.467 e. The number of aromatic nitrogens is 5. The zero-order chi connectivity index (χ0) is 12.5. The van der Waals surface area contributed by atoms with Gasteiger partial charge in [0.05, 0.1) is 18.8 Å². The van der Waals surface area contributed by atoms with E-state index in [0.717, 1.165) is 10.9 Å². The standard InChI is InChI=1S/C11H8ClN5O/c1-18-11-15-9(12)14-10(16-11)17-8-5-3-2-4-7(8)6-13-17/h2-6H,1H3. The molecule has 0 atom stereocenters. The van der Waals surface area contributed by atoms with Gasteiger partial charge in [-0.1, -0.05) is 18.2 Å². The van der Waals surface area contributed by atoms with Crippen LogP contribution in [0.2, 0.25) is 5.28 Å². The van der Waals surface area contributed by atoms with Crippen LogP contribution in [-0.2, 0) is 0 Å². The zero-order valence-electron chi connectivity index (χ0n) is 9.41. The van der Waals surface area contributed by atoms with E-state index in [9.17, 15) is 0 Å². The van der Waals surface area contributed by atoms with Crippen molar-refractivity contribution in [3.8, 4) is 12.0 Å². The highest BCUT2D eigenvalue weighted by Gasteiger charge is 2.10. The highest BCUT2D eigenvalue weighted by Crippen LogP contribution is 2.17. The Kier molecular flexibility index (Phi) is 2.56. The summed E-state index contributed by atoms with van der Waals surface area (Å²) in [6.45, 7) is 0. The van der Waals surface area contributed by atoms with E-state index in [1.54, 1.807) is 10.9 Å². The Morgan fingerprint density at radius 3 is 2.83 bits per heavy atom. The molecule has 2 aromatic heterocycles. The molecule has 0 unspecified atom stereocenters. The molecule has 3 rings (SSSR count). The van der Waals surface area contributed by atoms with Gasteiger partial charge in [0.25, 0.3) is 5.95 Å². The maximum absolute atomic E-state index is 5.81. The molecule has 0 spiro atoms. The van der Waals surface area contributed by atoms with Crippen molar-refractivity contribution in [2.75, 3.05) is 7.11 Å². The maximum Gasteiger partial charge on any atom is 0.322 e. The van der Waals surface area contributed by atoms with Gasteiger partial charge in [-0.15, -0.1) is 0 Å². The molecule has 0 saturated heterocycles. The molecule has 0 bridgehead atoms. The summed E-state index contributed by atoms with van der Waals surface area (Å²) in [6, 6.07) is 7.89. The summed E-state index contributed by atoms with van der Waals surface area (Å²) in [5.41, 5.74) is 0.891. The second-order valence-corrected chi connectivity index (χ2v) is 3.84. The minimum atomic E-state index is 0.0661. The molecular weight excluding hydrogens is 254 g/mol. The van der Waals surface area contributed by atoms with Crippen molar-refractivity contribution in [2.24, 2.45) is 0 Å². The molecule has 2 heterocycles. The van der Waals surface area contributed by atoms with Gasteiger partial charge >= 0.3 is 6.01 Å². The van der Waals surface area contributed by atoms with Crippen LogP contribution in [0.5, 0.6) is 6.01 Å². The first-order valence-corrected chi connectivity index (χ1v) is 5.54. The average molecular weight is 262 g/mol. The number of benzene rings is 1. The number of rotatable bonds is 2. The van der Waals surface area contributed by atoms with Crippen LogP contribution in [-0.4, -0.2) is 31.8 Å². The van der Waals surface area contributed by atoms with Crippen molar-refractivity contribution < 1.29 is 4.74 Å². The second kappa shape index (κ2) is 4.23. The Labute approximate surface area is 107 Å². The van der Waals surface area contributed by atoms with Gasteiger partial charge in [0.2, 0.25) is 5.28 Å². The van der Waals surface area contributed by atoms with Crippen LogP contribution in [0.15, 0.2) is 30.5 Å². The molecule has 3 aromatic rings. The predicted molar refractivity (Wildman–Crippen MR) is 66.0 cm³/mol. The third-order valence-electron chi connectivity index (χ3n) is 2.43. The fraction of sp³-hybridized carbons (Fsp3) is 0.0909. The van der Waals surface area contributed by atoms with Crippen molar-refractivity contribution in [2.45, 2.75) is 0 Å². The third-order valence-corrected chi connectivity index (χ3v) is 2.59. The summed E-state index contributed by atoms with van der Waals surface area (Å²) in [5, 5.41) is 5.29. The summed E-state index contributed by atoms with van der Waals surface area (Å²) >= 11 is 5.81. The minimum absolute atomic E-state index is 0.0661. The zero-order valence-corrected chi connectivity index (χ0v) is 10.2. The highest BCUT2D eigenvalue weighted by molar-refractivity contribution is 6.28. The molecule has 6 nitrogen and oxygen atoms in total. The molecule has 90 valence electrons. The van der Waals surface area contributed by atoms with Gasteiger partial charge in [0.15, 0.2) is 0 Å². The fourth-order valence-corrected chi connectivity index (χ4v) is 1.79. The van der Waals surface area contributed by atoms with Crippen LogP contribution in [0, 0.1) is 0 Å². The molecule has 0 saturated carbocycles. The maximum atomic E-state index is 5.81. The smallest absolute Gasteiger partial charge is 0.322 e. The van der Waals surface area contributed by atoms with Gasteiger partial charge < -0.3 is 4.74 Å². The lowest BCUT2D eigenvalue weighted by atomic mass is 10.3. The largest absolute Gasteiger partial charge is 0.467 e. The number of fused-ring (bicyclic) bond motifs is 1. The van der Waals surface area contributed by atoms with Gasteiger partial charge in [-0.2, -0.15) is 24.7 Å². The van der Waals surface area contributed by atoms with Crippen molar-refractivity contribution in [1.82, 2.24) is 24.7 Å². The molecule has 7 heteroatoms. The van der Waals surface area contributed by atoms with Crippen LogP contribution in [0.1, 0.15) is 0 Å². The van der Waals surface area contributed by atoms with E-state index >= 15 is 0 Å². The van der Waals surface area contributed by atoms with Crippen LogP contribution in [0.25, 0.3) is 16.9 Å². The molecular formula is C11H8ClN5O. The number of nitrogens with zero attached hydrogens (tertiary/aromatic N) is 5. The lowest BCUT2D eigenvalue weighted by Gasteiger charge is -2.03. The summed E-state index contributed by atoms with van der Waals surface area (Å²) in [7, 11) is 1.47. The van der Waals surface area contributed by atoms with Crippen LogP contribution in [0.3, 0.4) is 0 Å². The molecule has 0 aliphatic carbocycles. The highest BCUT2D eigenvalue weighted by atomic mass is 35.5. The third kappa shape index (κ3) is 1.76. The van der Waals surface area contributed by atoms with E-state index in [4.69, 9.17) is 16.3 Å². The number of ether oxygens (including phenoxy) is 1. The molecule has 0 fully saturated rings. The monoisotopic (exact) mass is 261 g/mol. The summed E-state index contributed by atoms with van der Waals surface area (Å²) in [5.74, 6) is 0.327. The average Bonchev–Trinajstić information content (AvgIpc) is 2.81. The van der Waals surface area contributed by atoms with Gasteiger partial charge in [-0.05, 0) is 17.7 Å². The van der Waals surface area contributed by atoms with E-state index in [1.807, 2.05) is 24.3 Å². The van der Waals surface area contributed by atoms with Crippen LogP contribution in [0.4, 0.5) is 0 Å². The Hall–Kier alpha value is -2.21. The first kappa shape index (κ1) is 10.9. The Morgan fingerprint density at radius 2 is 2.00 bits per heavy atom. The molecule has 0 aliphatic rings. The number of hydrogen-bond donors (Lipinski definition) is 0. The molecule has 18 heavy (non-hydrogen) atoms. The molecule has 0 radical (unpaired) electrons. The summed E-state index contributed by atoms with van der Waals surface area (Å²) < 4.78 is 6.55. The summed E-state index contributed by atoms with van der Waals surface area (Å²) in [6.07, 6.45) is 1.74. The predicted octanol–water partition coefficient (Wildman–Crippen LogP) is 1.87. The van der Waals surface area contributed by atoms with Crippen LogP contribution < -0.4 is 4.74 Å². The van der Waals surface area contributed by atoms with E-state index in [0.29, 0.717) is 5.95 Å². The Balaban J connectivity index is 2.22. The number of halogens is 1. The Morgan fingerprint density at radius 1 is 1.17 bits per heavy atom. The number of para-hydroxylation sites is 1. The first-order chi connectivity index (χ1) is 8.78. The van der Waals surface area contributed by atoms with Crippen LogP contribution >= 0.6 is 11.6 Å². The molecule has 0 aliphatic heterocycles. The number of hydrogen-bond acceptors (Lipinski definition) is 5. The topological polar surface area (TPSA) is 65.7 Å². The Bertz CT molecular complexity index is 711. The lowest BCUT2D eigenvalue weighted by Crippen LogP contribution is -2.05. The van der Waals surface area contributed by atoms with E-state index < -0.39 is 0 Å². The lowest BCUT2D eigenvalue weighted by molar-refractivity contribution is 0.377. The molecule has 0 amide bonds. The first-order valence-electron chi connectivity index (χ1n) is 5.16. The van der Waals surface area contributed by atoms with Gasteiger partial charge in [0, 0.05) is 5.39 Å².